The Bertz CT molecular complexity index is 1870. The highest BCUT2D eigenvalue weighted by molar-refractivity contribution is 7.86. The van der Waals surface area contributed by atoms with Gasteiger partial charge in [0, 0.05) is 36.6 Å². The van der Waals surface area contributed by atoms with Gasteiger partial charge in [-0.25, -0.2) is 4.79 Å². The van der Waals surface area contributed by atoms with Gasteiger partial charge in [-0.15, -0.1) is 0 Å². The molecule has 6 N–H and O–H groups in total. The van der Waals surface area contributed by atoms with Crippen LogP contribution in [-0.2, 0) is 50.1 Å². The Morgan fingerprint density at radius 1 is 0.860 bits per heavy atom. The number of aliphatic imine (C=N–C) groups is 1. The van der Waals surface area contributed by atoms with Crippen LogP contribution >= 0.6 is 0 Å². The van der Waals surface area contributed by atoms with Crippen LogP contribution in [0.3, 0.4) is 0 Å². The van der Waals surface area contributed by atoms with Gasteiger partial charge in [0.2, 0.25) is 5.91 Å². The van der Waals surface area contributed by atoms with Crippen molar-refractivity contribution in [1.82, 2.24) is 5.32 Å². The Kier molecular flexibility index (Phi) is 17.9. The Balaban J connectivity index is 3.31. The molecule has 18 nitrogen and oxygen atoms in total. The second-order valence-electron chi connectivity index (χ2n) is 11.2. The third-order valence-corrected chi connectivity index (χ3v) is 10.00. The molecule has 1 rings (SSSR count). The maximum absolute atomic E-state index is 12.3. The lowest BCUT2D eigenvalue weighted by Gasteiger charge is -2.29. The van der Waals surface area contributed by atoms with E-state index in [0.717, 1.165) is 6.07 Å². The molecule has 0 saturated carbocycles. The van der Waals surface area contributed by atoms with Crippen LogP contribution in [0.1, 0.15) is 57.4 Å². The van der Waals surface area contributed by atoms with Crippen LogP contribution in [0.25, 0.3) is 0 Å². The fraction of sp³-hybridized carbons (Fsp3) is 0.536. The van der Waals surface area contributed by atoms with Crippen LogP contribution in [0.5, 0.6) is 0 Å². The van der Waals surface area contributed by atoms with E-state index in [4.69, 9.17) is 14.2 Å². The molecule has 0 aliphatic heterocycles. The number of amides is 1. The van der Waals surface area contributed by atoms with Crippen molar-refractivity contribution in [2.24, 2.45) is 4.99 Å². The molecule has 0 aliphatic carbocycles. The predicted octanol–water partition coefficient (Wildman–Crippen LogP) is 1.91. The molecule has 1 amide bonds. The van der Waals surface area contributed by atoms with Gasteiger partial charge in [-0.1, -0.05) is 12.5 Å². The molecule has 0 aromatic heterocycles. The number of nitrogens with one attached hydrogen (secondary N) is 1. The van der Waals surface area contributed by atoms with E-state index < -0.39 is 75.6 Å². The molecule has 0 fully saturated rings. The lowest BCUT2D eigenvalue weighted by molar-refractivity contribution is -0.141. The molecule has 284 valence electrons. The smallest absolute Gasteiger partial charge is 0.327 e. The Morgan fingerprint density at radius 2 is 1.46 bits per heavy atom. The number of aryl methyl sites for hydroxylation is 1. The summed E-state index contributed by atoms with van der Waals surface area (Å²) in [6, 6.07) is 1.96. The number of benzene rings is 1. The van der Waals surface area contributed by atoms with Gasteiger partial charge in [-0.05, 0) is 81.9 Å². The zero-order valence-electron chi connectivity index (χ0n) is 27.4. The van der Waals surface area contributed by atoms with E-state index in [0.29, 0.717) is 41.9 Å². The van der Waals surface area contributed by atoms with Gasteiger partial charge in [-0.2, -0.15) is 33.7 Å². The first-order chi connectivity index (χ1) is 22.9. The summed E-state index contributed by atoms with van der Waals surface area (Å²) < 4.78 is 127. The Morgan fingerprint density at radius 3 is 2.00 bits per heavy atom. The van der Waals surface area contributed by atoms with Gasteiger partial charge in [0.1, 0.15) is 11.8 Å². The number of anilines is 1. The fourth-order valence-electron chi connectivity index (χ4n) is 4.50. The molecule has 0 aliphatic rings. The fourth-order valence-corrected chi connectivity index (χ4v) is 6.70. The van der Waals surface area contributed by atoms with Crippen molar-refractivity contribution in [3.05, 3.63) is 47.7 Å². The summed E-state index contributed by atoms with van der Waals surface area (Å²) in [5.41, 5.74) is 1.91. The largest absolute Gasteiger partial charge is 0.480 e. The summed E-state index contributed by atoms with van der Waals surface area (Å²) in [5.74, 6) is -4.66. The lowest BCUT2D eigenvalue weighted by Crippen LogP contribution is -2.45. The summed E-state index contributed by atoms with van der Waals surface area (Å²) in [6.45, 7) is 3.36. The second kappa shape index (κ2) is 20.0. The van der Waals surface area contributed by atoms with E-state index >= 15 is 0 Å². The van der Waals surface area contributed by atoms with Gasteiger partial charge in [0.15, 0.2) is 0 Å². The highest BCUT2D eigenvalue weighted by Crippen LogP contribution is 2.29. The van der Waals surface area contributed by atoms with Crippen molar-refractivity contribution in [2.45, 2.75) is 69.7 Å². The standard InChI is InChI=1S/C28H43N3O15S4/c1-21-19-24(50(44,45)46)13-14-26(21)31(16-8-18-48(38,39)40)23(11-6-9-22(2)29-15-7-17-47(35,36)37)10-4-3-5-12-27(32)30-25(28(33)34)20-49(41,42)43/h6,9,11,13-14,19,25H,3-5,7-8,10,12,15-18,20H2,1-2H3,(H,30,32)(H,33,34)(H,35,36,37)(H,38,39,40)(H,41,42,43)(H,44,45,46)/b9-6+,23-11+,29-22?. The number of hydrogen-bond acceptors (Lipinski definition) is 12. The van der Waals surface area contributed by atoms with Crippen molar-refractivity contribution in [2.75, 3.05) is 35.2 Å². The SMILES string of the molecule is CC(/C=C/C=C(\CCCCCC(=O)NC(CS(=O)(=O)O)C(=O)O)N(CCCS(=O)(=O)O)c1ccc(S(=O)(=O)O)cc1C)=NCCCS(=O)(=O)O. The summed E-state index contributed by atoms with van der Waals surface area (Å²) >= 11 is 0. The molecular weight excluding hydrogens is 747 g/mol. The first-order valence-corrected chi connectivity index (χ1v) is 21.3. The number of carbonyl (C=O) groups excluding carboxylic acids is 1. The molecular formula is C28H43N3O15S4. The molecule has 1 aromatic rings. The van der Waals surface area contributed by atoms with E-state index in [9.17, 15) is 52.4 Å². The van der Waals surface area contributed by atoms with Crippen molar-refractivity contribution >= 4 is 63.7 Å². The number of rotatable bonds is 23. The normalized spacial score (nSPS) is 14.1. The Labute approximate surface area is 292 Å². The zero-order valence-corrected chi connectivity index (χ0v) is 30.6. The summed E-state index contributed by atoms with van der Waals surface area (Å²) in [5, 5.41) is 11.2. The monoisotopic (exact) mass is 789 g/mol. The average Bonchev–Trinajstić information content (AvgIpc) is 2.94. The zero-order chi connectivity index (χ0) is 38.3. The van der Waals surface area contributed by atoms with Crippen molar-refractivity contribution in [1.29, 1.82) is 0 Å². The maximum Gasteiger partial charge on any atom is 0.327 e. The number of allylic oxidation sites excluding steroid dienone is 4. The van der Waals surface area contributed by atoms with Gasteiger partial charge >= 0.3 is 5.97 Å². The van der Waals surface area contributed by atoms with E-state index in [1.807, 2.05) is 5.32 Å². The van der Waals surface area contributed by atoms with E-state index in [-0.39, 0.29) is 43.7 Å². The number of hydrogen-bond donors (Lipinski definition) is 6. The van der Waals surface area contributed by atoms with Crippen LogP contribution in [0.4, 0.5) is 5.69 Å². The molecule has 0 saturated heterocycles. The summed E-state index contributed by atoms with van der Waals surface area (Å²) in [4.78, 5) is 29.1. The second-order valence-corrected chi connectivity index (χ2v) is 17.2. The van der Waals surface area contributed by atoms with Crippen LogP contribution in [-0.4, -0.2) is 111 Å². The van der Waals surface area contributed by atoms with Crippen molar-refractivity contribution < 1.29 is 66.6 Å². The third-order valence-electron chi connectivity index (χ3n) is 6.78. The number of nitrogens with zero attached hydrogens (tertiary/aromatic N) is 2. The quantitative estimate of drug-likeness (QED) is 0.0399. The van der Waals surface area contributed by atoms with Crippen LogP contribution < -0.4 is 10.2 Å². The lowest BCUT2D eigenvalue weighted by atomic mass is 10.1. The van der Waals surface area contributed by atoms with E-state index in [1.54, 1.807) is 37.0 Å². The minimum Gasteiger partial charge on any atom is -0.480 e. The Hall–Kier alpha value is -3.25. The predicted molar refractivity (Wildman–Crippen MR) is 185 cm³/mol. The van der Waals surface area contributed by atoms with Crippen LogP contribution in [0.2, 0.25) is 0 Å². The maximum atomic E-state index is 12.3. The number of carboxylic acid groups (broad SMARTS) is 1. The summed E-state index contributed by atoms with van der Waals surface area (Å²) in [7, 11) is -17.7. The number of carboxylic acids is 1. The summed E-state index contributed by atoms with van der Waals surface area (Å²) in [6.07, 6.45) is 6.10. The first-order valence-electron chi connectivity index (χ1n) is 15.0. The van der Waals surface area contributed by atoms with Crippen molar-refractivity contribution in [3.63, 3.8) is 0 Å². The minimum atomic E-state index is -4.68. The minimum absolute atomic E-state index is 0.0287. The number of aliphatic carboxylic acids is 1. The molecule has 22 heteroatoms. The van der Waals surface area contributed by atoms with Gasteiger partial charge in [0.25, 0.3) is 40.5 Å². The molecule has 1 atom stereocenters. The van der Waals surface area contributed by atoms with Gasteiger partial charge in [0.05, 0.1) is 16.4 Å². The van der Waals surface area contributed by atoms with E-state index in [2.05, 4.69) is 4.99 Å². The number of unbranched alkanes of at least 4 members (excludes halogenated alkanes) is 2. The van der Waals surface area contributed by atoms with Gasteiger partial charge in [-0.3, -0.25) is 28.0 Å². The van der Waals surface area contributed by atoms with Crippen LogP contribution in [0.15, 0.2) is 52.0 Å². The molecule has 1 unspecified atom stereocenters. The molecule has 0 spiro atoms. The third kappa shape index (κ3) is 19.8. The van der Waals surface area contributed by atoms with Gasteiger partial charge < -0.3 is 15.3 Å². The molecule has 0 heterocycles. The molecule has 0 radical (unpaired) electrons. The molecule has 0 bridgehead atoms. The molecule has 1 aromatic carbocycles. The first kappa shape index (κ1) is 44.8. The van der Waals surface area contributed by atoms with Crippen molar-refractivity contribution in [3.8, 4) is 0 Å². The van der Waals surface area contributed by atoms with E-state index in [1.165, 1.54) is 12.1 Å². The topological polar surface area (TPSA) is 299 Å². The highest BCUT2D eigenvalue weighted by atomic mass is 32.2. The number of carbonyl (C=O) groups is 2. The molecule has 50 heavy (non-hydrogen) atoms. The van der Waals surface area contributed by atoms with Crippen LogP contribution in [0, 0.1) is 6.92 Å². The average molecular weight is 790 g/mol. The highest BCUT2D eigenvalue weighted by Gasteiger charge is 2.25.